The Morgan fingerprint density at radius 1 is 1.13 bits per heavy atom. The van der Waals surface area contributed by atoms with Gasteiger partial charge in [0.05, 0.1) is 7.11 Å². The topological polar surface area (TPSA) is 29.5 Å². The van der Waals surface area contributed by atoms with Crippen LogP contribution in [0.4, 0.5) is 0 Å². The van der Waals surface area contributed by atoms with Gasteiger partial charge in [0, 0.05) is 18.9 Å². The number of ether oxygens (including phenoxy) is 1. The van der Waals surface area contributed by atoms with Gasteiger partial charge in [-0.15, -0.1) is 0 Å². The van der Waals surface area contributed by atoms with E-state index in [9.17, 15) is 4.79 Å². The zero-order valence-corrected chi connectivity index (χ0v) is 15.3. The maximum Gasteiger partial charge on any atom is 0.132 e. The predicted molar refractivity (Wildman–Crippen MR) is 97.2 cm³/mol. The van der Waals surface area contributed by atoms with Gasteiger partial charge in [0.15, 0.2) is 0 Å². The number of unbranched alkanes of at least 4 members (excludes halogenated alkanes) is 1. The lowest BCUT2D eigenvalue weighted by Gasteiger charge is -2.28. The van der Waals surface area contributed by atoms with Gasteiger partial charge in [-0.2, -0.15) is 0 Å². The standard InChI is InChI=1S/C20H33NO2/c1-5-9-19(22)10-7-8-15-21(6-2)17(3)16-18-11-13-20(23-4)14-12-18/h11-14,17H,5-10,15-16H2,1-4H3. The lowest BCUT2D eigenvalue weighted by molar-refractivity contribution is -0.119. The molecule has 0 amide bonds. The lowest BCUT2D eigenvalue weighted by Crippen LogP contribution is -2.35. The monoisotopic (exact) mass is 319 g/mol. The molecule has 3 nitrogen and oxygen atoms in total. The van der Waals surface area contributed by atoms with Crippen molar-refractivity contribution in [1.82, 2.24) is 4.90 Å². The molecule has 0 fully saturated rings. The minimum Gasteiger partial charge on any atom is -0.497 e. The van der Waals surface area contributed by atoms with E-state index in [1.165, 1.54) is 5.56 Å². The third kappa shape index (κ3) is 7.65. The average Bonchev–Trinajstić information content (AvgIpc) is 2.55. The molecule has 0 spiro atoms. The molecule has 0 aliphatic heterocycles. The molecule has 0 radical (unpaired) electrons. The van der Waals surface area contributed by atoms with E-state index in [2.05, 4.69) is 37.8 Å². The van der Waals surface area contributed by atoms with Crippen LogP contribution in [0.25, 0.3) is 0 Å². The van der Waals surface area contributed by atoms with Gasteiger partial charge < -0.3 is 9.64 Å². The second-order valence-corrected chi connectivity index (χ2v) is 6.28. The molecule has 130 valence electrons. The van der Waals surface area contributed by atoms with Crippen LogP contribution >= 0.6 is 0 Å². The molecular formula is C20H33NO2. The largest absolute Gasteiger partial charge is 0.497 e. The van der Waals surface area contributed by atoms with Gasteiger partial charge in [0.2, 0.25) is 0 Å². The minimum absolute atomic E-state index is 0.418. The fraction of sp³-hybridized carbons (Fsp3) is 0.650. The molecule has 1 aromatic carbocycles. The third-order valence-electron chi connectivity index (χ3n) is 4.40. The van der Waals surface area contributed by atoms with Crippen LogP contribution in [0.15, 0.2) is 24.3 Å². The van der Waals surface area contributed by atoms with Gasteiger partial charge >= 0.3 is 0 Å². The minimum atomic E-state index is 0.418. The molecule has 0 aromatic heterocycles. The number of nitrogens with zero attached hydrogens (tertiary/aromatic N) is 1. The van der Waals surface area contributed by atoms with Crippen molar-refractivity contribution in [3.63, 3.8) is 0 Å². The molecule has 1 aromatic rings. The molecule has 3 heteroatoms. The highest BCUT2D eigenvalue weighted by Crippen LogP contribution is 2.15. The van der Waals surface area contributed by atoms with E-state index in [0.29, 0.717) is 11.8 Å². The first-order chi connectivity index (χ1) is 11.1. The number of ketones is 1. The molecular weight excluding hydrogens is 286 g/mol. The maximum atomic E-state index is 11.6. The number of likely N-dealkylation sites (N-methyl/N-ethyl adjacent to an activating group) is 1. The van der Waals surface area contributed by atoms with Crippen LogP contribution in [0.1, 0.15) is 58.4 Å². The number of carbonyl (C=O) groups excluding carboxylic acids is 1. The highest BCUT2D eigenvalue weighted by molar-refractivity contribution is 5.78. The van der Waals surface area contributed by atoms with Crippen molar-refractivity contribution in [3.05, 3.63) is 29.8 Å². The smallest absolute Gasteiger partial charge is 0.132 e. The molecule has 0 saturated carbocycles. The van der Waals surface area contributed by atoms with E-state index in [0.717, 1.165) is 57.4 Å². The zero-order valence-electron chi connectivity index (χ0n) is 15.3. The van der Waals surface area contributed by atoms with Gasteiger partial charge in [-0.25, -0.2) is 0 Å². The van der Waals surface area contributed by atoms with Crippen LogP contribution in [0.5, 0.6) is 5.75 Å². The van der Waals surface area contributed by atoms with Crippen LogP contribution in [-0.2, 0) is 11.2 Å². The molecule has 0 heterocycles. The third-order valence-corrected chi connectivity index (χ3v) is 4.40. The first-order valence-corrected chi connectivity index (χ1v) is 8.99. The second-order valence-electron chi connectivity index (χ2n) is 6.28. The SMILES string of the molecule is CCCC(=O)CCCCN(CC)C(C)Cc1ccc(OC)cc1. The van der Waals surface area contributed by atoms with Crippen LogP contribution in [-0.4, -0.2) is 36.9 Å². The van der Waals surface area contributed by atoms with Crippen molar-refractivity contribution >= 4 is 5.78 Å². The molecule has 1 atom stereocenters. The number of hydrogen-bond donors (Lipinski definition) is 0. The maximum absolute atomic E-state index is 11.6. The molecule has 0 bridgehead atoms. The number of hydrogen-bond acceptors (Lipinski definition) is 3. The normalized spacial score (nSPS) is 12.4. The van der Waals surface area contributed by atoms with Crippen molar-refractivity contribution < 1.29 is 9.53 Å². The van der Waals surface area contributed by atoms with Gasteiger partial charge in [-0.1, -0.05) is 26.0 Å². The van der Waals surface area contributed by atoms with Gasteiger partial charge in [-0.05, 0) is 63.4 Å². The summed E-state index contributed by atoms with van der Waals surface area (Å²) in [6, 6.07) is 8.86. The Bertz CT molecular complexity index is 441. The van der Waals surface area contributed by atoms with E-state index in [1.807, 2.05) is 12.1 Å². The summed E-state index contributed by atoms with van der Waals surface area (Å²) in [4.78, 5) is 14.1. The average molecular weight is 319 g/mol. The van der Waals surface area contributed by atoms with Gasteiger partial charge in [0.25, 0.3) is 0 Å². The van der Waals surface area contributed by atoms with Crippen molar-refractivity contribution in [3.8, 4) is 5.75 Å². The van der Waals surface area contributed by atoms with Crippen LogP contribution in [0.3, 0.4) is 0 Å². The summed E-state index contributed by atoms with van der Waals surface area (Å²) in [5.74, 6) is 1.33. The summed E-state index contributed by atoms with van der Waals surface area (Å²) in [7, 11) is 1.70. The zero-order chi connectivity index (χ0) is 17.1. The molecule has 23 heavy (non-hydrogen) atoms. The number of benzene rings is 1. The molecule has 0 aliphatic rings. The Hall–Kier alpha value is -1.35. The molecule has 0 saturated heterocycles. The Kier molecular flexibility index (Phi) is 9.61. The van der Waals surface area contributed by atoms with Crippen molar-refractivity contribution in [1.29, 1.82) is 0 Å². The summed E-state index contributed by atoms with van der Waals surface area (Å²) >= 11 is 0. The Labute approximate surface area is 142 Å². The number of rotatable bonds is 12. The van der Waals surface area contributed by atoms with Crippen LogP contribution < -0.4 is 4.74 Å². The van der Waals surface area contributed by atoms with Gasteiger partial charge in [-0.3, -0.25) is 4.79 Å². The van der Waals surface area contributed by atoms with Crippen molar-refractivity contribution in [2.24, 2.45) is 0 Å². The van der Waals surface area contributed by atoms with Crippen molar-refractivity contribution in [2.75, 3.05) is 20.2 Å². The summed E-state index contributed by atoms with van der Waals surface area (Å²) in [5.41, 5.74) is 1.34. The second kappa shape index (κ2) is 11.2. The fourth-order valence-corrected chi connectivity index (χ4v) is 2.96. The molecule has 0 aliphatic carbocycles. The molecule has 0 N–H and O–H groups in total. The van der Waals surface area contributed by atoms with Crippen LogP contribution in [0, 0.1) is 0 Å². The number of carbonyl (C=O) groups is 1. The summed E-state index contributed by atoms with van der Waals surface area (Å²) in [5, 5.41) is 0. The van der Waals surface area contributed by atoms with Crippen molar-refractivity contribution in [2.45, 2.75) is 65.3 Å². The number of methoxy groups -OCH3 is 1. The molecule has 1 unspecified atom stereocenters. The first kappa shape index (κ1) is 19.7. The van der Waals surface area contributed by atoms with E-state index >= 15 is 0 Å². The number of Topliss-reactive ketones (excluding diaryl/α,β-unsaturated/α-hetero) is 1. The summed E-state index contributed by atoms with van der Waals surface area (Å²) in [6.45, 7) is 8.70. The Balaban J connectivity index is 2.35. The van der Waals surface area contributed by atoms with E-state index in [1.54, 1.807) is 7.11 Å². The highest BCUT2D eigenvalue weighted by Gasteiger charge is 2.12. The molecule has 1 rings (SSSR count). The quantitative estimate of drug-likeness (QED) is 0.532. The lowest BCUT2D eigenvalue weighted by atomic mass is 10.0. The van der Waals surface area contributed by atoms with Gasteiger partial charge in [0.1, 0.15) is 11.5 Å². The first-order valence-electron chi connectivity index (χ1n) is 8.99. The Morgan fingerprint density at radius 3 is 2.39 bits per heavy atom. The van der Waals surface area contributed by atoms with Crippen LogP contribution in [0.2, 0.25) is 0 Å². The Morgan fingerprint density at radius 2 is 1.83 bits per heavy atom. The summed E-state index contributed by atoms with van der Waals surface area (Å²) in [6.07, 6.45) is 5.63. The van der Waals surface area contributed by atoms with E-state index in [4.69, 9.17) is 4.74 Å². The fourth-order valence-electron chi connectivity index (χ4n) is 2.96. The van der Waals surface area contributed by atoms with E-state index in [-0.39, 0.29) is 0 Å². The summed E-state index contributed by atoms with van der Waals surface area (Å²) < 4.78 is 5.21. The predicted octanol–water partition coefficient (Wildman–Crippen LogP) is 4.49. The van der Waals surface area contributed by atoms with E-state index < -0.39 is 0 Å². The highest BCUT2D eigenvalue weighted by atomic mass is 16.5.